The van der Waals surface area contributed by atoms with Crippen molar-refractivity contribution in [2.75, 3.05) is 0 Å². The average Bonchev–Trinajstić information content (AvgIpc) is 2.45. The fourth-order valence-corrected chi connectivity index (χ4v) is 2.43. The van der Waals surface area contributed by atoms with Crippen LogP contribution in [0.3, 0.4) is 0 Å². The van der Waals surface area contributed by atoms with Crippen LogP contribution in [0.15, 0.2) is 36.4 Å². The molecule has 22 heavy (non-hydrogen) atoms. The lowest BCUT2D eigenvalue weighted by Gasteiger charge is -2.13. The van der Waals surface area contributed by atoms with Gasteiger partial charge in [0.25, 0.3) is 0 Å². The van der Waals surface area contributed by atoms with Crippen molar-refractivity contribution in [1.82, 2.24) is 0 Å². The maximum Gasteiger partial charge on any atom is 0.416 e. The van der Waals surface area contributed by atoms with Gasteiger partial charge >= 0.3 is 6.18 Å². The molecule has 0 heterocycles. The van der Waals surface area contributed by atoms with E-state index in [2.05, 4.69) is 0 Å². The van der Waals surface area contributed by atoms with Crippen molar-refractivity contribution in [3.8, 4) is 5.75 Å². The molecule has 7 heteroatoms. The second-order valence-corrected chi connectivity index (χ2v) is 5.36. The summed E-state index contributed by atoms with van der Waals surface area (Å²) in [6.07, 6.45) is -4.37. The van der Waals surface area contributed by atoms with E-state index >= 15 is 0 Å². The summed E-state index contributed by atoms with van der Waals surface area (Å²) < 4.78 is 42.9. The van der Waals surface area contributed by atoms with Gasteiger partial charge in [-0.2, -0.15) is 13.2 Å². The number of hydrogen-bond acceptors (Lipinski definition) is 2. The number of aliphatic hydroxyl groups excluding tert-OH is 1. The molecule has 0 spiro atoms. The van der Waals surface area contributed by atoms with Crippen LogP contribution in [-0.4, -0.2) is 5.11 Å². The van der Waals surface area contributed by atoms with Crippen LogP contribution in [0.2, 0.25) is 10.0 Å². The Hall–Kier alpha value is -1.43. The molecule has 118 valence electrons. The maximum atomic E-state index is 12.5. The molecule has 0 aliphatic carbocycles. The van der Waals surface area contributed by atoms with Crippen LogP contribution < -0.4 is 4.74 Å². The third kappa shape index (κ3) is 4.06. The molecule has 0 fully saturated rings. The molecule has 0 radical (unpaired) electrons. The zero-order valence-electron chi connectivity index (χ0n) is 11.1. The highest BCUT2D eigenvalue weighted by Gasteiger charge is 2.29. The third-order valence-corrected chi connectivity index (χ3v) is 3.42. The molecule has 0 saturated heterocycles. The smallest absolute Gasteiger partial charge is 0.416 e. The minimum atomic E-state index is -4.37. The largest absolute Gasteiger partial charge is 0.487 e. The first-order chi connectivity index (χ1) is 10.3. The molecule has 0 atom stereocenters. The van der Waals surface area contributed by atoms with Crippen molar-refractivity contribution in [3.05, 3.63) is 63.1 Å². The fourth-order valence-electron chi connectivity index (χ4n) is 1.84. The van der Waals surface area contributed by atoms with Crippen molar-refractivity contribution in [2.45, 2.75) is 19.4 Å². The number of hydrogen-bond donors (Lipinski definition) is 1. The van der Waals surface area contributed by atoms with Crippen LogP contribution in [0.5, 0.6) is 5.75 Å². The van der Waals surface area contributed by atoms with E-state index in [1.54, 1.807) is 0 Å². The highest BCUT2D eigenvalue weighted by molar-refractivity contribution is 6.35. The van der Waals surface area contributed by atoms with Crippen LogP contribution in [-0.2, 0) is 19.4 Å². The van der Waals surface area contributed by atoms with Crippen LogP contribution in [0.4, 0.5) is 13.2 Å². The van der Waals surface area contributed by atoms with E-state index < -0.39 is 11.7 Å². The van der Waals surface area contributed by atoms with Gasteiger partial charge in [0.1, 0.15) is 12.4 Å². The van der Waals surface area contributed by atoms with Crippen LogP contribution >= 0.6 is 23.2 Å². The quantitative estimate of drug-likeness (QED) is 0.832. The molecular weight excluding hydrogens is 340 g/mol. The Morgan fingerprint density at radius 2 is 1.68 bits per heavy atom. The van der Waals surface area contributed by atoms with Gasteiger partial charge in [-0.3, -0.25) is 0 Å². The summed E-state index contributed by atoms with van der Waals surface area (Å²) in [5.41, 5.74) is 0.226. The molecule has 2 aromatic rings. The molecule has 2 aromatic carbocycles. The fraction of sp³-hybridized carbons (Fsp3) is 0.200. The summed E-state index contributed by atoms with van der Waals surface area (Å²) in [6, 6.07) is 7.58. The minimum Gasteiger partial charge on any atom is -0.487 e. The monoisotopic (exact) mass is 350 g/mol. The second-order valence-electron chi connectivity index (χ2n) is 4.52. The normalized spacial score (nSPS) is 11.5. The second kappa shape index (κ2) is 6.77. The Morgan fingerprint density at radius 1 is 1.05 bits per heavy atom. The molecule has 0 saturated carbocycles. The van der Waals surface area contributed by atoms with Gasteiger partial charge in [0.2, 0.25) is 0 Å². The summed E-state index contributed by atoms with van der Waals surface area (Å²) in [5, 5.41) is 9.85. The number of benzene rings is 2. The lowest BCUT2D eigenvalue weighted by atomic mass is 10.1. The van der Waals surface area contributed by atoms with Gasteiger partial charge in [-0.25, -0.2) is 0 Å². The van der Waals surface area contributed by atoms with Crippen LogP contribution in [0.25, 0.3) is 0 Å². The zero-order chi connectivity index (χ0) is 16.3. The van der Waals surface area contributed by atoms with Crippen molar-refractivity contribution in [1.29, 1.82) is 0 Å². The van der Waals surface area contributed by atoms with E-state index in [1.165, 1.54) is 24.3 Å². The number of rotatable bonds is 4. The minimum absolute atomic E-state index is 0.0203. The Kier molecular flexibility index (Phi) is 5.21. The van der Waals surface area contributed by atoms with Gasteiger partial charge in [-0.1, -0.05) is 35.3 Å². The summed E-state index contributed by atoms with van der Waals surface area (Å²) in [6.45, 7) is -0.297. The van der Waals surface area contributed by atoms with Crippen molar-refractivity contribution in [2.24, 2.45) is 0 Å². The Bertz CT molecular complexity index is 655. The first kappa shape index (κ1) is 16.9. The molecule has 0 amide bonds. The van der Waals surface area contributed by atoms with Crippen molar-refractivity contribution >= 4 is 23.2 Å². The summed E-state index contributed by atoms with van der Waals surface area (Å²) in [5.74, 6) is 0.258. The third-order valence-electron chi connectivity index (χ3n) is 2.92. The Balaban J connectivity index is 2.14. The number of ether oxygens (including phenoxy) is 1. The first-order valence-corrected chi connectivity index (χ1v) is 6.94. The maximum absolute atomic E-state index is 12.5. The molecule has 0 aliphatic rings. The van der Waals surface area contributed by atoms with Crippen molar-refractivity contribution < 1.29 is 23.0 Å². The molecule has 0 aliphatic heterocycles. The predicted octanol–water partition coefficient (Wildman–Crippen LogP) is 5.08. The van der Waals surface area contributed by atoms with Gasteiger partial charge in [0.05, 0.1) is 17.2 Å². The summed E-state index contributed by atoms with van der Waals surface area (Å²) >= 11 is 11.8. The highest BCUT2D eigenvalue weighted by atomic mass is 35.5. The Labute approximate surface area is 135 Å². The van der Waals surface area contributed by atoms with E-state index in [-0.39, 0.29) is 24.0 Å². The van der Waals surface area contributed by atoms with E-state index in [4.69, 9.17) is 27.9 Å². The molecule has 1 N–H and O–H groups in total. The first-order valence-electron chi connectivity index (χ1n) is 6.19. The Morgan fingerprint density at radius 3 is 2.23 bits per heavy atom. The molecule has 0 aromatic heterocycles. The van der Waals surface area contributed by atoms with Crippen LogP contribution in [0.1, 0.15) is 16.7 Å². The van der Waals surface area contributed by atoms with E-state index in [0.717, 1.165) is 12.1 Å². The van der Waals surface area contributed by atoms with Crippen molar-refractivity contribution in [3.63, 3.8) is 0 Å². The summed E-state index contributed by atoms with van der Waals surface area (Å²) in [4.78, 5) is 0. The molecule has 0 unspecified atom stereocenters. The van der Waals surface area contributed by atoms with E-state index in [1.807, 2.05) is 0 Å². The lowest BCUT2D eigenvalue weighted by molar-refractivity contribution is -0.137. The molecule has 2 rings (SSSR count). The number of halogens is 5. The number of aliphatic hydroxyl groups is 1. The van der Waals surface area contributed by atoms with Crippen LogP contribution in [0, 0.1) is 0 Å². The van der Waals surface area contributed by atoms with E-state index in [0.29, 0.717) is 16.1 Å². The van der Waals surface area contributed by atoms with Gasteiger partial charge in [-0.15, -0.1) is 0 Å². The standard InChI is InChI=1S/C15H11Cl2F3O2/c16-12-5-10(7-21)14(13(17)6-12)22-8-9-1-3-11(4-2-9)15(18,19)20/h1-6,21H,7-8H2. The molecular formula is C15H11Cl2F3O2. The number of alkyl halides is 3. The lowest BCUT2D eigenvalue weighted by Crippen LogP contribution is -2.05. The van der Waals surface area contributed by atoms with Gasteiger partial charge < -0.3 is 9.84 Å². The topological polar surface area (TPSA) is 29.5 Å². The molecule has 0 bridgehead atoms. The van der Waals surface area contributed by atoms with Gasteiger partial charge in [0, 0.05) is 10.6 Å². The van der Waals surface area contributed by atoms with Gasteiger partial charge in [-0.05, 0) is 29.8 Å². The van der Waals surface area contributed by atoms with E-state index in [9.17, 15) is 18.3 Å². The average molecular weight is 351 g/mol. The summed E-state index contributed by atoms with van der Waals surface area (Å²) in [7, 11) is 0. The predicted molar refractivity (Wildman–Crippen MR) is 78.2 cm³/mol. The SMILES string of the molecule is OCc1cc(Cl)cc(Cl)c1OCc1ccc(C(F)(F)F)cc1. The van der Waals surface area contributed by atoms with Gasteiger partial charge in [0.15, 0.2) is 0 Å². The molecule has 2 nitrogen and oxygen atoms in total. The zero-order valence-corrected chi connectivity index (χ0v) is 12.6. The highest BCUT2D eigenvalue weighted by Crippen LogP contribution is 2.33.